The van der Waals surface area contributed by atoms with E-state index in [1.54, 1.807) is 23.9 Å². The summed E-state index contributed by atoms with van der Waals surface area (Å²) in [5, 5.41) is 6.49. The van der Waals surface area contributed by atoms with E-state index >= 15 is 0 Å². The molecule has 1 aromatic carbocycles. The minimum Gasteiger partial charge on any atom is -0.353 e. The topological polar surface area (TPSA) is 41.1 Å². The summed E-state index contributed by atoms with van der Waals surface area (Å²) in [4.78, 5) is 13.2. The predicted molar refractivity (Wildman–Crippen MR) is 84.9 cm³/mol. The molecule has 0 spiro atoms. The Morgan fingerprint density at radius 1 is 1.48 bits per heavy atom. The Morgan fingerprint density at radius 3 is 2.86 bits per heavy atom. The number of hydrogen-bond acceptors (Lipinski definition) is 3. The first-order chi connectivity index (χ1) is 10.1. The number of nitrogens with one attached hydrogen (secondary N) is 2. The number of piperidine rings is 1. The number of carbonyl (C=O) groups is 1. The number of hydrogen-bond donors (Lipinski definition) is 2. The van der Waals surface area contributed by atoms with Crippen molar-refractivity contribution in [2.24, 2.45) is 11.8 Å². The standard InChI is InChI=1S/C16H23FN2OS/c1-11-9-18-8-7-15(11)19-16(20)12(2)10-21-14-5-3-13(17)4-6-14/h3-6,11-12,15,18H,7-10H2,1-2H3,(H,19,20). The van der Waals surface area contributed by atoms with Gasteiger partial charge in [0, 0.05) is 22.6 Å². The molecule has 1 saturated heterocycles. The van der Waals surface area contributed by atoms with Crippen molar-refractivity contribution in [3.8, 4) is 0 Å². The molecule has 3 atom stereocenters. The zero-order valence-corrected chi connectivity index (χ0v) is 13.4. The lowest BCUT2D eigenvalue weighted by atomic mass is 9.95. The summed E-state index contributed by atoms with van der Waals surface area (Å²) in [5.74, 6) is 1.01. The van der Waals surface area contributed by atoms with Crippen LogP contribution in [0.15, 0.2) is 29.2 Å². The van der Waals surface area contributed by atoms with Gasteiger partial charge in [-0.05, 0) is 49.7 Å². The van der Waals surface area contributed by atoms with Crippen molar-refractivity contribution in [1.82, 2.24) is 10.6 Å². The average molecular weight is 310 g/mol. The summed E-state index contributed by atoms with van der Waals surface area (Å²) < 4.78 is 12.8. The fourth-order valence-corrected chi connectivity index (χ4v) is 3.30. The first-order valence-electron chi connectivity index (χ1n) is 7.45. The highest BCUT2D eigenvalue weighted by Gasteiger charge is 2.24. The zero-order valence-electron chi connectivity index (χ0n) is 12.6. The number of carbonyl (C=O) groups excluding carboxylic acids is 1. The summed E-state index contributed by atoms with van der Waals surface area (Å²) in [6.45, 7) is 6.03. The molecule has 0 radical (unpaired) electrons. The molecule has 1 amide bonds. The summed E-state index contributed by atoms with van der Waals surface area (Å²) in [7, 11) is 0. The Labute approximate surface area is 130 Å². The van der Waals surface area contributed by atoms with Gasteiger partial charge in [0.05, 0.1) is 0 Å². The van der Waals surface area contributed by atoms with E-state index in [0.717, 1.165) is 24.4 Å². The molecule has 0 saturated carbocycles. The van der Waals surface area contributed by atoms with E-state index in [-0.39, 0.29) is 23.7 Å². The fraction of sp³-hybridized carbons (Fsp3) is 0.562. The van der Waals surface area contributed by atoms with Crippen LogP contribution in [0.25, 0.3) is 0 Å². The molecule has 2 N–H and O–H groups in total. The lowest BCUT2D eigenvalue weighted by Gasteiger charge is -2.31. The molecule has 0 aliphatic carbocycles. The summed E-state index contributed by atoms with van der Waals surface area (Å²) in [6, 6.07) is 6.67. The number of benzene rings is 1. The van der Waals surface area contributed by atoms with Crippen molar-refractivity contribution >= 4 is 17.7 Å². The van der Waals surface area contributed by atoms with Gasteiger partial charge >= 0.3 is 0 Å². The summed E-state index contributed by atoms with van der Waals surface area (Å²) in [5.41, 5.74) is 0. The first kappa shape index (κ1) is 16.3. The number of amides is 1. The predicted octanol–water partition coefficient (Wildman–Crippen LogP) is 2.67. The van der Waals surface area contributed by atoms with E-state index in [1.165, 1.54) is 12.1 Å². The summed E-state index contributed by atoms with van der Waals surface area (Å²) >= 11 is 1.59. The number of rotatable bonds is 5. The molecule has 1 aliphatic heterocycles. The molecule has 1 aliphatic rings. The van der Waals surface area contributed by atoms with E-state index in [2.05, 4.69) is 17.6 Å². The van der Waals surface area contributed by atoms with Crippen molar-refractivity contribution in [1.29, 1.82) is 0 Å². The lowest BCUT2D eigenvalue weighted by Crippen LogP contribution is -2.49. The molecule has 0 aromatic heterocycles. The second-order valence-corrected chi connectivity index (χ2v) is 6.84. The van der Waals surface area contributed by atoms with E-state index < -0.39 is 0 Å². The lowest BCUT2D eigenvalue weighted by molar-refractivity contribution is -0.125. The molecular weight excluding hydrogens is 287 g/mol. The van der Waals surface area contributed by atoms with Crippen LogP contribution in [0.5, 0.6) is 0 Å². The molecule has 1 aromatic rings. The minimum absolute atomic E-state index is 0.0536. The quantitative estimate of drug-likeness (QED) is 0.822. The normalized spacial score (nSPS) is 23.6. The molecule has 21 heavy (non-hydrogen) atoms. The second kappa shape index (κ2) is 7.80. The maximum Gasteiger partial charge on any atom is 0.223 e. The van der Waals surface area contributed by atoms with E-state index in [9.17, 15) is 9.18 Å². The van der Waals surface area contributed by atoms with Gasteiger partial charge in [0.1, 0.15) is 5.82 Å². The number of thioether (sulfide) groups is 1. The third-order valence-corrected chi connectivity index (χ3v) is 5.15. The van der Waals surface area contributed by atoms with E-state index in [0.29, 0.717) is 11.7 Å². The van der Waals surface area contributed by atoms with Crippen molar-refractivity contribution in [2.45, 2.75) is 31.2 Å². The third-order valence-electron chi connectivity index (χ3n) is 3.87. The fourth-order valence-electron chi connectivity index (χ4n) is 2.38. The third kappa shape index (κ3) is 5.00. The van der Waals surface area contributed by atoms with Gasteiger partial charge in [-0.3, -0.25) is 4.79 Å². The summed E-state index contributed by atoms with van der Waals surface area (Å²) in [6.07, 6.45) is 0.991. The van der Waals surface area contributed by atoms with E-state index in [4.69, 9.17) is 0 Å². The van der Waals surface area contributed by atoms with Crippen LogP contribution in [0.2, 0.25) is 0 Å². The molecule has 3 unspecified atom stereocenters. The molecule has 3 nitrogen and oxygen atoms in total. The molecular formula is C16H23FN2OS. The van der Waals surface area contributed by atoms with Gasteiger partial charge in [0.25, 0.3) is 0 Å². The van der Waals surface area contributed by atoms with Gasteiger partial charge in [0.15, 0.2) is 0 Å². The molecule has 1 fully saturated rings. The Bertz CT molecular complexity index is 466. The maximum atomic E-state index is 12.8. The van der Waals surface area contributed by atoms with Crippen molar-refractivity contribution in [3.63, 3.8) is 0 Å². The Hall–Kier alpha value is -1.07. The van der Waals surface area contributed by atoms with Crippen molar-refractivity contribution in [3.05, 3.63) is 30.1 Å². The van der Waals surface area contributed by atoms with Crippen LogP contribution in [0.4, 0.5) is 4.39 Å². The molecule has 1 heterocycles. The van der Waals surface area contributed by atoms with Crippen LogP contribution in [-0.4, -0.2) is 30.8 Å². The van der Waals surface area contributed by atoms with Crippen LogP contribution in [0.1, 0.15) is 20.3 Å². The smallest absolute Gasteiger partial charge is 0.223 e. The molecule has 5 heteroatoms. The number of halogens is 1. The van der Waals surface area contributed by atoms with Gasteiger partial charge < -0.3 is 10.6 Å². The highest BCUT2D eigenvalue weighted by molar-refractivity contribution is 7.99. The average Bonchev–Trinajstić information content (AvgIpc) is 2.48. The maximum absolute atomic E-state index is 12.8. The van der Waals surface area contributed by atoms with Gasteiger partial charge in [-0.25, -0.2) is 4.39 Å². The highest BCUT2D eigenvalue weighted by Crippen LogP contribution is 2.21. The zero-order chi connectivity index (χ0) is 15.2. The van der Waals surface area contributed by atoms with Crippen LogP contribution in [0.3, 0.4) is 0 Å². The Morgan fingerprint density at radius 2 is 2.19 bits per heavy atom. The second-order valence-electron chi connectivity index (χ2n) is 5.75. The van der Waals surface area contributed by atoms with Gasteiger partial charge in [-0.15, -0.1) is 11.8 Å². The van der Waals surface area contributed by atoms with Gasteiger partial charge in [-0.1, -0.05) is 13.8 Å². The van der Waals surface area contributed by atoms with Crippen molar-refractivity contribution < 1.29 is 9.18 Å². The van der Waals surface area contributed by atoms with Crippen LogP contribution < -0.4 is 10.6 Å². The van der Waals surface area contributed by atoms with Crippen LogP contribution >= 0.6 is 11.8 Å². The Balaban J connectivity index is 1.78. The molecule has 0 bridgehead atoms. The highest BCUT2D eigenvalue weighted by atomic mass is 32.2. The van der Waals surface area contributed by atoms with E-state index in [1.807, 2.05) is 6.92 Å². The van der Waals surface area contributed by atoms with Crippen LogP contribution in [0, 0.1) is 17.7 Å². The Kier molecular flexibility index (Phi) is 6.06. The SMILES string of the molecule is CC(CSc1ccc(F)cc1)C(=O)NC1CCNCC1C. The molecule has 116 valence electrons. The van der Waals surface area contributed by atoms with Crippen LogP contribution in [-0.2, 0) is 4.79 Å². The monoisotopic (exact) mass is 310 g/mol. The molecule has 2 rings (SSSR count). The first-order valence-corrected chi connectivity index (χ1v) is 8.44. The van der Waals surface area contributed by atoms with Gasteiger partial charge in [-0.2, -0.15) is 0 Å². The van der Waals surface area contributed by atoms with Gasteiger partial charge in [0.2, 0.25) is 5.91 Å². The minimum atomic E-state index is -0.231. The largest absolute Gasteiger partial charge is 0.353 e. The van der Waals surface area contributed by atoms with Crippen molar-refractivity contribution in [2.75, 3.05) is 18.8 Å².